The Morgan fingerprint density at radius 2 is 1.67 bits per heavy atom. The summed E-state index contributed by atoms with van der Waals surface area (Å²) in [6.45, 7) is 2.36. The Bertz CT molecular complexity index is 697. The van der Waals surface area contributed by atoms with Crippen molar-refractivity contribution in [2.75, 3.05) is 31.1 Å². The molecule has 3 atom stereocenters. The molecule has 27 heavy (non-hydrogen) atoms. The summed E-state index contributed by atoms with van der Waals surface area (Å²) in [7, 11) is 0. The van der Waals surface area contributed by atoms with Crippen molar-refractivity contribution >= 4 is 23.4 Å². The molecular weight excluding hydrogens is 342 g/mol. The molecule has 1 saturated carbocycles. The summed E-state index contributed by atoms with van der Waals surface area (Å²) < 4.78 is 0. The van der Waals surface area contributed by atoms with E-state index in [0.717, 1.165) is 45.2 Å². The second kappa shape index (κ2) is 7.71. The summed E-state index contributed by atoms with van der Waals surface area (Å²) >= 11 is 0. The Morgan fingerprint density at radius 1 is 1.00 bits per heavy atom. The van der Waals surface area contributed by atoms with E-state index in [1.54, 1.807) is 0 Å². The van der Waals surface area contributed by atoms with Gasteiger partial charge in [0.1, 0.15) is 6.54 Å². The van der Waals surface area contributed by atoms with E-state index >= 15 is 0 Å². The number of rotatable bonds is 5. The zero-order valence-corrected chi connectivity index (χ0v) is 15.6. The first-order chi connectivity index (χ1) is 13.1. The molecule has 1 aromatic carbocycles. The van der Waals surface area contributed by atoms with Gasteiger partial charge in [-0.2, -0.15) is 0 Å². The number of anilines is 1. The molecule has 2 heterocycles. The van der Waals surface area contributed by atoms with Crippen LogP contribution in [0.5, 0.6) is 0 Å². The highest BCUT2D eigenvalue weighted by molar-refractivity contribution is 6.07. The van der Waals surface area contributed by atoms with E-state index in [2.05, 4.69) is 22.3 Å². The number of fused-ring (bicyclic) bond motifs is 1. The lowest BCUT2D eigenvalue weighted by molar-refractivity contribution is -0.143. The minimum atomic E-state index is -0.228. The molecule has 3 fully saturated rings. The van der Waals surface area contributed by atoms with Crippen LogP contribution in [0.2, 0.25) is 0 Å². The summed E-state index contributed by atoms with van der Waals surface area (Å²) in [4.78, 5) is 40.8. The molecule has 0 bridgehead atoms. The van der Waals surface area contributed by atoms with Gasteiger partial charge in [-0.1, -0.05) is 31.0 Å². The van der Waals surface area contributed by atoms with Crippen LogP contribution in [-0.2, 0) is 14.4 Å². The molecule has 4 rings (SSSR count). The van der Waals surface area contributed by atoms with Gasteiger partial charge < -0.3 is 10.2 Å². The van der Waals surface area contributed by atoms with E-state index in [4.69, 9.17) is 0 Å². The lowest BCUT2D eigenvalue weighted by atomic mass is 9.81. The van der Waals surface area contributed by atoms with Gasteiger partial charge in [0, 0.05) is 25.3 Å². The molecule has 3 amide bonds. The molecule has 2 saturated heterocycles. The van der Waals surface area contributed by atoms with Gasteiger partial charge in [-0.25, -0.2) is 0 Å². The highest BCUT2D eigenvalue weighted by atomic mass is 16.2. The summed E-state index contributed by atoms with van der Waals surface area (Å²) in [6.07, 6.45) is 4.59. The predicted octanol–water partition coefficient (Wildman–Crippen LogP) is 1.80. The Balaban J connectivity index is 1.26. The maximum atomic E-state index is 12.5. The van der Waals surface area contributed by atoms with Crippen LogP contribution < -0.4 is 10.2 Å². The van der Waals surface area contributed by atoms with Crippen molar-refractivity contribution in [3.05, 3.63) is 30.3 Å². The number of para-hydroxylation sites is 1. The first-order valence-electron chi connectivity index (χ1n) is 10.1. The number of likely N-dealkylation sites (tertiary alicyclic amines) is 1. The van der Waals surface area contributed by atoms with Gasteiger partial charge in [-0.05, 0) is 37.3 Å². The SMILES string of the molecule is O=C(CN1C(=O)C2CCCCC2C1=O)NCC1CCN(c2ccccc2)C1. The van der Waals surface area contributed by atoms with Gasteiger partial charge in [0.2, 0.25) is 17.7 Å². The molecule has 3 unspecified atom stereocenters. The third kappa shape index (κ3) is 3.70. The van der Waals surface area contributed by atoms with Crippen LogP contribution in [-0.4, -0.2) is 48.8 Å². The summed E-state index contributed by atoms with van der Waals surface area (Å²) in [5.74, 6) is -0.496. The Labute approximate surface area is 159 Å². The topological polar surface area (TPSA) is 69.7 Å². The van der Waals surface area contributed by atoms with Gasteiger partial charge in [-0.15, -0.1) is 0 Å². The second-order valence-corrected chi connectivity index (χ2v) is 8.00. The van der Waals surface area contributed by atoms with Crippen LogP contribution in [0.25, 0.3) is 0 Å². The number of amides is 3. The first-order valence-corrected chi connectivity index (χ1v) is 10.1. The number of carbonyl (C=O) groups excluding carboxylic acids is 3. The zero-order chi connectivity index (χ0) is 18.8. The standard InChI is InChI=1S/C21H27N3O3/c25-19(14-24-20(26)17-8-4-5-9-18(17)21(24)27)22-12-15-10-11-23(13-15)16-6-2-1-3-7-16/h1-3,6-7,15,17-18H,4-5,8-14H2,(H,22,25). The van der Waals surface area contributed by atoms with E-state index < -0.39 is 0 Å². The number of hydrogen-bond donors (Lipinski definition) is 1. The Morgan fingerprint density at radius 3 is 2.33 bits per heavy atom. The molecule has 0 spiro atoms. The van der Waals surface area contributed by atoms with Crippen molar-refractivity contribution in [1.29, 1.82) is 0 Å². The van der Waals surface area contributed by atoms with E-state index in [-0.39, 0.29) is 36.1 Å². The third-order valence-corrected chi connectivity index (χ3v) is 6.23. The molecule has 1 N–H and O–H groups in total. The summed E-state index contributed by atoms with van der Waals surface area (Å²) in [6, 6.07) is 10.3. The Kier molecular flexibility index (Phi) is 5.14. The number of carbonyl (C=O) groups is 3. The number of hydrogen-bond acceptors (Lipinski definition) is 4. The molecule has 6 heteroatoms. The molecular formula is C21H27N3O3. The van der Waals surface area contributed by atoms with Crippen molar-refractivity contribution in [3.63, 3.8) is 0 Å². The number of nitrogens with one attached hydrogen (secondary N) is 1. The van der Waals surface area contributed by atoms with Crippen LogP contribution in [0, 0.1) is 17.8 Å². The zero-order valence-electron chi connectivity index (χ0n) is 15.6. The Hall–Kier alpha value is -2.37. The largest absolute Gasteiger partial charge is 0.371 e. The molecule has 1 aromatic rings. The smallest absolute Gasteiger partial charge is 0.240 e. The van der Waals surface area contributed by atoms with E-state index in [1.807, 2.05) is 18.2 Å². The minimum absolute atomic E-state index is 0.125. The van der Waals surface area contributed by atoms with E-state index in [0.29, 0.717) is 12.5 Å². The third-order valence-electron chi connectivity index (χ3n) is 6.23. The van der Waals surface area contributed by atoms with Gasteiger partial charge in [0.05, 0.1) is 11.8 Å². The average molecular weight is 369 g/mol. The maximum absolute atomic E-state index is 12.5. The molecule has 3 aliphatic rings. The normalized spacial score (nSPS) is 27.8. The molecule has 0 radical (unpaired) electrons. The first kappa shape index (κ1) is 18.0. The van der Waals surface area contributed by atoms with Crippen LogP contribution in [0.3, 0.4) is 0 Å². The van der Waals surface area contributed by atoms with Crippen molar-refractivity contribution in [2.45, 2.75) is 32.1 Å². The van der Waals surface area contributed by atoms with Gasteiger partial charge in [-0.3, -0.25) is 19.3 Å². The van der Waals surface area contributed by atoms with E-state index in [1.165, 1.54) is 10.6 Å². The molecule has 144 valence electrons. The predicted molar refractivity (Wildman–Crippen MR) is 102 cm³/mol. The van der Waals surface area contributed by atoms with Gasteiger partial charge >= 0.3 is 0 Å². The molecule has 6 nitrogen and oxygen atoms in total. The lowest BCUT2D eigenvalue weighted by Gasteiger charge is -2.19. The van der Waals surface area contributed by atoms with Crippen LogP contribution in [0.1, 0.15) is 32.1 Å². The second-order valence-electron chi connectivity index (χ2n) is 8.00. The molecule has 2 aliphatic heterocycles. The minimum Gasteiger partial charge on any atom is -0.371 e. The lowest BCUT2D eigenvalue weighted by Crippen LogP contribution is -2.42. The number of nitrogens with zero attached hydrogens (tertiary/aromatic N) is 2. The van der Waals surface area contributed by atoms with Gasteiger partial charge in [0.25, 0.3) is 0 Å². The highest BCUT2D eigenvalue weighted by Gasteiger charge is 2.48. The van der Waals surface area contributed by atoms with Crippen LogP contribution in [0.4, 0.5) is 5.69 Å². The van der Waals surface area contributed by atoms with Gasteiger partial charge in [0.15, 0.2) is 0 Å². The summed E-state index contributed by atoms with van der Waals surface area (Å²) in [5, 5.41) is 2.93. The van der Waals surface area contributed by atoms with Crippen molar-refractivity contribution in [1.82, 2.24) is 10.2 Å². The number of benzene rings is 1. The quantitative estimate of drug-likeness (QED) is 0.804. The molecule has 1 aliphatic carbocycles. The van der Waals surface area contributed by atoms with Crippen LogP contribution >= 0.6 is 0 Å². The van der Waals surface area contributed by atoms with Crippen molar-refractivity contribution in [3.8, 4) is 0 Å². The average Bonchev–Trinajstić information content (AvgIpc) is 3.27. The van der Waals surface area contributed by atoms with Crippen molar-refractivity contribution < 1.29 is 14.4 Å². The maximum Gasteiger partial charge on any atom is 0.240 e. The fourth-order valence-corrected chi connectivity index (χ4v) is 4.72. The van der Waals surface area contributed by atoms with E-state index in [9.17, 15) is 14.4 Å². The van der Waals surface area contributed by atoms with Crippen molar-refractivity contribution in [2.24, 2.45) is 17.8 Å². The van der Waals surface area contributed by atoms with Crippen LogP contribution in [0.15, 0.2) is 30.3 Å². The fraction of sp³-hybridized carbons (Fsp3) is 0.571. The summed E-state index contributed by atoms with van der Waals surface area (Å²) in [5.41, 5.74) is 1.21. The monoisotopic (exact) mass is 369 g/mol. The molecule has 0 aromatic heterocycles. The fourth-order valence-electron chi connectivity index (χ4n) is 4.72. The highest BCUT2D eigenvalue weighted by Crippen LogP contribution is 2.37. The number of imide groups is 1.